The second kappa shape index (κ2) is 18.8. The van der Waals surface area contributed by atoms with Gasteiger partial charge in [-0.05, 0) is 87.3 Å². The molecule has 17 aromatic rings. The summed E-state index contributed by atoms with van der Waals surface area (Å²) in [6.07, 6.45) is 0. The molecule has 0 saturated heterocycles. The van der Waals surface area contributed by atoms with Gasteiger partial charge in [-0.1, -0.05) is 224 Å². The van der Waals surface area contributed by atoms with Gasteiger partial charge in [-0.3, -0.25) is 4.57 Å². The molecule has 0 amide bonds. The van der Waals surface area contributed by atoms with Crippen molar-refractivity contribution in [3.05, 3.63) is 291 Å². The van der Waals surface area contributed by atoms with E-state index < -0.39 is 227 Å². The highest BCUT2D eigenvalue weighted by molar-refractivity contribution is 7.26. The molecule has 12 aromatic carbocycles. The Kier molecular flexibility index (Phi) is 6.40. The van der Waals surface area contributed by atoms with Crippen LogP contribution >= 0.6 is 11.3 Å². The Morgan fingerprint density at radius 2 is 0.964 bits per heavy atom. The highest BCUT2D eigenvalue weighted by atomic mass is 32.1. The molecule has 388 valence electrons. The molecule has 0 atom stereocenters. The number of rotatable bonds is 9. The smallest absolute Gasteiger partial charge is 0.238 e. The number of thiophene rings is 1. The Morgan fingerprint density at radius 1 is 0.361 bits per heavy atom. The molecule has 0 spiro atoms. The summed E-state index contributed by atoms with van der Waals surface area (Å²) in [7, 11) is -4.35. The van der Waals surface area contributed by atoms with Crippen LogP contribution < -0.4 is 20.7 Å². The third kappa shape index (κ3) is 7.16. The van der Waals surface area contributed by atoms with E-state index >= 15 is 0 Å². The fraction of sp³-hybridized carbons (Fsp3) is 0. The third-order valence-electron chi connectivity index (χ3n) is 15.2. The molecular weight excluding hydrogens is 1050 g/mol. The van der Waals surface area contributed by atoms with Gasteiger partial charge in [-0.2, -0.15) is 9.97 Å². The molecule has 0 saturated carbocycles. The maximum absolute atomic E-state index is 11.1. The quantitative estimate of drug-likeness (QED) is 0.107. The summed E-state index contributed by atoms with van der Waals surface area (Å²) in [5.41, 5.74) is -4.39. The number of hydrogen-bond donors (Lipinski definition) is 0. The zero-order valence-corrected chi connectivity index (χ0v) is 44.6. The van der Waals surface area contributed by atoms with Gasteiger partial charge in [0.1, 0.15) is 0 Å². The van der Waals surface area contributed by atoms with Crippen LogP contribution in [0.5, 0.6) is 0 Å². The van der Waals surface area contributed by atoms with Crippen molar-refractivity contribution >= 4 is 126 Å². The van der Waals surface area contributed by atoms with Crippen LogP contribution in [0.15, 0.2) is 291 Å². The van der Waals surface area contributed by atoms with Crippen molar-refractivity contribution in [2.24, 2.45) is 0 Å². The fourth-order valence-electron chi connectivity index (χ4n) is 11.8. The molecule has 0 aliphatic heterocycles. The van der Waals surface area contributed by atoms with Crippen molar-refractivity contribution in [3.63, 3.8) is 0 Å². The topological polar surface area (TPSA) is 53.5 Å². The van der Waals surface area contributed by atoms with E-state index in [1.807, 2.05) is 66.7 Å². The number of nitrogens with zero attached hydrogens (tertiary/aromatic N) is 6. The molecule has 0 unspecified atom stereocenters. The lowest BCUT2D eigenvalue weighted by molar-refractivity contribution is 0.953. The average Bonchev–Trinajstić information content (AvgIpc) is 1.61. The minimum absolute atomic E-state index is 0.0365. The van der Waals surface area contributed by atoms with E-state index in [-0.39, 0.29) is 49.0 Å². The Morgan fingerprint density at radius 3 is 1.71 bits per heavy atom. The first-order valence-corrected chi connectivity index (χ1v) is 28.9. The van der Waals surface area contributed by atoms with Gasteiger partial charge < -0.3 is 9.13 Å². The molecule has 0 aliphatic rings. The fourth-order valence-corrected chi connectivity index (χ4v) is 17.4. The summed E-state index contributed by atoms with van der Waals surface area (Å²) in [5.74, 6) is -2.42. The zero-order valence-electron chi connectivity index (χ0n) is 68.8. The van der Waals surface area contributed by atoms with Crippen molar-refractivity contribution in [1.29, 1.82) is 0 Å². The van der Waals surface area contributed by atoms with Gasteiger partial charge >= 0.3 is 0 Å². The molecule has 5 aromatic heterocycles. The van der Waals surface area contributed by atoms with E-state index in [1.165, 1.54) is 10.6 Å². The SMILES string of the molecule is [2H]c1c([2H])c([2H])c(-n2c3ccccc3c3c2cc([2H])c2c4c([2H])c([2H])c([2H])c([2H])c4n(-c4nc(-c5c([2H])c([2H])c([2H])c([Si](c6ccccc6)(c6ccccc6)c6ccc7sc8ccccc8c7c6)c5[2H])nc(-c5c([2H])c([2H])c([2H])c([2H])c5-n5c6c([2H])c([2H])c([2H])c([2H])c6c6c([2H])c([2H])c([2H])c([2H])c65)n4)c23)c([2H])c1[2H]. The molecule has 0 radical (unpaired) electrons. The number of aromatic nitrogens is 6. The van der Waals surface area contributed by atoms with Gasteiger partial charge in [0.25, 0.3) is 0 Å². The number of benzene rings is 12. The van der Waals surface area contributed by atoms with Gasteiger partial charge in [-0.15, -0.1) is 11.3 Å². The first-order chi connectivity index (χ1) is 52.0. The van der Waals surface area contributed by atoms with Crippen LogP contribution in [0.25, 0.3) is 126 Å². The van der Waals surface area contributed by atoms with Gasteiger partial charge in [0.15, 0.2) is 19.7 Å². The minimum Gasteiger partial charge on any atom is -0.309 e. The third-order valence-corrected chi connectivity index (χ3v) is 21.0. The van der Waals surface area contributed by atoms with E-state index in [1.54, 1.807) is 72.0 Å². The van der Waals surface area contributed by atoms with Gasteiger partial charge in [0.05, 0.1) is 74.4 Å². The van der Waals surface area contributed by atoms with Crippen LogP contribution in [0.1, 0.15) is 35.6 Å². The second-order valence-electron chi connectivity index (χ2n) is 19.5. The monoisotopic (exact) mass is 1120 g/mol. The van der Waals surface area contributed by atoms with E-state index in [2.05, 4.69) is 0 Å². The van der Waals surface area contributed by atoms with E-state index in [0.29, 0.717) is 15.6 Å². The molecule has 83 heavy (non-hydrogen) atoms. The second-order valence-corrected chi connectivity index (χ2v) is 24.3. The van der Waals surface area contributed by atoms with Crippen molar-refractivity contribution in [3.8, 4) is 40.1 Å². The summed E-state index contributed by atoms with van der Waals surface area (Å²) in [5, 5.41) is 2.19. The van der Waals surface area contributed by atoms with Gasteiger partial charge in [0.2, 0.25) is 5.95 Å². The van der Waals surface area contributed by atoms with Crippen LogP contribution in [0.2, 0.25) is 0 Å². The molecule has 5 heterocycles. The largest absolute Gasteiger partial charge is 0.309 e. The highest BCUT2D eigenvalue weighted by Crippen LogP contribution is 2.43. The first-order valence-electron chi connectivity index (χ1n) is 39.1. The van der Waals surface area contributed by atoms with Crippen molar-refractivity contribution < 1.29 is 35.6 Å². The molecule has 17 rings (SSSR count). The van der Waals surface area contributed by atoms with Crippen LogP contribution in [0.4, 0.5) is 0 Å². The maximum atomic E-state index is 11.1. The minimum atomic E-state index is -4.35. The molecule has 0 bridgehead atoms. The van der Waals surface area contributed by atoms with Gasteiger partial charge in [-0.25, -0.2) is 4.98 Å². The Balaban J connectivity index is 1.11. The lowest BCUT2D eigenvalue weighted by atomic mass is 10.1. The summed E-state index contributed by atoms with van der Waals surface area (Å²) in [6, 6.07) is 18.8. The highest BCUT2D eigenvalue weighted by Gasteiger charge is 2.42. The molecule has 0 N–H and O–H groups in total. The number of fused-ring (bicyclic) bond motifs is 13. The van der Waals surface area contributed by atoms with Crippen LogP contribution in [-0.4, -0.2) is 36.7 Å². The normalized spacial score (nSPS) is 16.5. The van der Waals surface area contributed by atoms with E-state index in [4.69, 9.17) is 24.5 Å². The molecule has 0 aliphatic carbocycles. The van der Waals surface area contributed by atoms with Crippen LogP contribution in [-0.2, 0) is 0 Å². The van der Waals surface area contributed by atoms with E-state index in [0.717, 1.165) is 29.3 Å². The predicted octanol–water partition coefficient (Wildman–Crippen LogP) is 16.2. The molecular formula is C75H48N6SSi. The number of hydrogen-bond acceptors (Lipinski definition) is 4. The van der Waals surface area contributed by atoms with Gasteiger partial charge in [0, 0.05) is 69.3 Å². The van der Waals surface area contributed by atoms with Crippen LogP contribution in [0.3, 0.4) is 0 Å². The Hall–Kier alpha value is -10.5. The Bertz CT molecular complexity index is 6880. The first kappa shape index (κ1) is 28.3. The predicted molar refractivity (Wildman–Crippen MR) is 350 cm³/mol. The summed E-state index contributed by atoms with van der Waals surface area (Å²) in [6.45, 7) is 0. The zero-order chi connectivity index (χ0) is 77.2. The lowest BCUT2D eigenvalue weighted by Crippen LogP contribution is -2.74. The maximum Gasteiger partial charge on any atom is 0.238 e. The summed E-state index contributed by atoms with van der Waals surface area (Å²) >= 11 is 1.55. The molecule has 8 heteroatoms. The molecule has 6 nitrogen and oxygen atoms in total. The Labute approximate surface area is 519 Å². The lowest BCUT2D eigenvalue weighted by Gasteiger charge is -2.34. The summed E-state index contributed by atoms with van der Waals surface area (Å²) in [4.78, 5) is 15.2. The average molecular weight is 1120 g/mol. The van der Waals surface area contributed by atoms with Crippen molar-refractivity contribution in [2.45, 2.75) is 0 Å². The van der Waals surface area contributed by atoms with Crippen molar-refractivity contribution in [1.82, 2.24) is 28.7 Å². The van der Waals surface area contributed by atoms with Crippen molar-refractivity contribution in [2.75, 3.05) is 0 Å². The molecule has 0 fully saturated rings. The number of para-hydroxylation sites is 6. The van der Waals surface area contributed by atoms with E-state index in [9.17, 15) is 26.0 Å². The standard InChI is InChI=1S/C75H48N6SSi/c1-4-24-50(25-5-1)79-66-40-19-13-35-60(66)71-68(79)45-44-59-57-33-12-18-39-65(57)81(72(59)71)75-77-73(76-74(78-75)61-36-14-20-41-67(61)80-63-37-16-10-31-55(63)56-32-11-17-38-64(56)80)49-23-22-30-53(47-49)83(51-26-6-2-7-27-51,52-28-8-3-9-29-52)54-43-46-70-62(48-54)58-34-15-21-42-69(58)82-70/h1-48H/i1D,4D,5D,10D,11D,12D,14D,16D,17D,18D,20D,22D,23D,24D,25D,30D,31D,32D,33D,36D,37D,38D,39D,41D,44D,47D. The van der Waals surface area contributed by atoms with Crippen LogP contribution in [0, 0.1) is 0 Å². The summed E-state index contributed by atoms with van der Waals surface area (Å²) < 4.78 is 253.